The summed E-state index contributed by atoms with van der Waals surface area (Å²) in [6.07, 6.45) is -4.36. The molecule has 1 heterocycles. The third-order valence-corrected chi connectivity index (χ3v) is 7.47. The van der Waals surface area contributed by atoms with Crippen molar-refractivity contribution in [1.82, 2.24) is 9.78 Å². The predicted molar refractivity (Wildman–Crippen MR) is 128 cm³/mol. The molecular formula is C24H18BrF3N2S2. The van der Waals surface area contributed by atoms with E-state index in [1.165, 1.54) is 23.9 Å². The molecule has 32 heavy (non-hydrogen) atoms. The molecule has 0 saturated carbocycles. The fourth-order valence-electron chi connectivity index (χ4n) is 3.17. The van der Waals surface area contributed by atoms with Gasteiger partial charge in [-0.15, -0.1) is 11.8 Å². The van der Waals surface area contributed by atoms with Gasteiger partial charge in [-0.25, -0.2) is 0 Å². The molecule has 0 aliphatic carbocycles. The molecule has 8 heteroatoms. The summed E-state index contributed by atoms with van der Waals surface area (Å²) < 4.78 is 42.2. The van der Waals surface area contributed by atoms with Crippen LogP contribution in [0.2, 0.25) is 0 Å². The lowest BCUT2D eigenvalue weighted by atomic mass is 10.1. The van der Waals surface area contributed by atoms with Crippen molar-refractivity contribution in [3.8, 4) is 11.3 Å². The van der Waals surface area contributed by atoms with Crippen LogP contribution in [-0.4, -0.2) is 9.78 Å². The predicted octanol–water partition coefficient (Wildman–Crippen LogP) is 8.31. The summed E-state index contributed by atoms with van der Waals surface area (Å²) in [6, 6.07) is 23.3. The fourth-order valence-corrected chi connectivity index (χ4v) is 5.46. The Hall–Kier alpha value is -2.16. The van der Waals surface area contributed by atoms with E-state index in [1.807, 2.05) is 66.3 Å². The molecule has 0 radical (unpaired) electrons. The van der Waals surface area contributed by atoms with Gasteiger partial charge in [0.25, 0.3) is 0 Å². The lowest BCUT2D eigenvalue weighted by Gasteiger charge is -2.10. The lowest BCUT2D eigenvalue weighted by Crippen LogP contribution is -2.04. The first kappa shape index (κ1) is 23.0. The van der Waals surface area contributed by atoms with Crippen LogP contribution in [0.3, 0.4) is 0 Å². The van der Waals surface area contributed by atoms with E-state index in [-0.39, 0.29) is 0 Å². The Morgan fingerprint density at radius 2 is 1.62 bits per heavy atom. The molecule has 0 amide bonds. The molecular weight excluding hydrogens is 517 g/mol. The van der Waals surface area contributed by atoms with E-state index in [0.29, 0.717) is 10.6 Å². The van der Waals surface area contributed by atoms with Crippen molar-refractivity contribution >= 4 is 39.5 Å². The van der Waals surface area contributed by atoms with Crippen molar-refractivity contribution in [2.75, 3.05) is 0 Å². The zero-order valence-corrected chi connectivity index (χ0v) is 20.2. The normalized spacial score (nSPS) is 11.7. The average molecular weight is 535 g/mol. The van der Waals surface area contributed by atoms with Crippen molar-refractivity contribution < 1.29 is 13.2 Å². The summed E-state index contributed by atoms with van der Waals surface area (Å²) in [5.74, 6) is 0.498. The number of rotatable bonds is 6. The van der Waals surface area contributed by atoms with Gasteiger partial charge in [-0.1, -0.05) is 64.1 Å². The van der Waals surface area contributed by atoms with Crippen molar-refractivity contribution in [2.24, 2.45) is 7.05 Å². The summed E-state index contributed by atoms with van der Waals surface area (Å²) in [7, 11) is 1.89. The third kappa shape index (κ3) is 5.42. The van der Waals surface area contributed by atoms with E-state index >= 15 is 0 Å². The highest BCUT2D eigenvalue weighted by atomic mass is 79.9. The van der Waals surface area contributed by atoms with Crippen LogP contribution in [0, 0.1) is 0 Å². The number of aromatic nitrogens is 2. The van der Waals surface area contributed by atoms with E-state index in [9.17, 15) is 13.2 Å². The quantitative estimate of drug-likeness (QED) is 0.231. The second-order valence-electron chi connectivity index (χ2n) is 6.99. The average Bonchev–Trinajstić information content (AvgIpc) is 3.09. The van der Waals surface area contributed by atoms with Crippen molar-refractivity contribution in [1.29, 1.82) is 0 Å². The van der Waals surface area contributed by atoms with Crippen molar-refractivity contribution in [3.05, 3.63) is 94.5 Å². The second-order valence-corrected chi connectivity index (χ2v) is 10.0. The Bertz CT molecular complexity index is 1210. The third-order valence-electron chi connectivity index (χ3n) is 4.71. The summed E-state index contributed by atoms with van der Waals surface area (Å²) in [5, 5.41) is 5.72. The molecule has 0 saturated heterocycles. The minimum absolute atomic E-state index is 0.498. The molecule has 0 bridgehead atoms. The monoisotopic (exact) mass is 534 g/mol. The molecule has 0 aliphatic heterocycles. The van der Waals surface area contributed by atoms with Crippen LogP contribution in [0.4, 0.5) is 13.2 Å². The van der Waals surface area contributed by atoms with Crippen LogP contribution in [0.25, 0.3) is 11.3 Å². The number of hydrogen-bond acceptors (Lipinski definition) is 3. The van der Waals surface area contributed by atoms with Gasteiger partial charge in [-0.3, -0.25) is 4.68 Å². The van der Waals surface area contributed by atoms with Gasteiger partial charge in [0.1, 0.15) is 5.03 Å². The SMILES string of the molecule is Cn1nc(-c2ccccc2)c(CSc2cccc(C(F)(F)F)c2)c1Sc1ccc(Br)cc1. The summed E-state index contributed by atoms with van der Waals surface area (Å²) in [6.45, 7) is 0. The van der Waals surface area contributed by atoms with Crippen LogP contribution < -0.4 is 0 Å². The summed E-state index contributed by atoms with van der Waals surface area (Å²) in [4.78, 5) is 1.63. The molecule has 2 nitrogen and oxygen atoms in total. The molecule has 4 aromatic rings. The molecule has 0 spiro atoms. The highest BCUT2D eigenvalue weighted by molar-refractivity contribution is 9.10. The maximum absolute atomic E-state index is 13.1. The van der Waals surface area contributed by atoms with Crippen LogP contribution in [0.1, 0.15) is 11.1 Å². The number of alkyl halides is 3. The number of halogens is 4. The fraction of sp³-hybridized carbons (Fsp3) is 0.125. The Morgan fingerprint density at radius 3 is 2.31 bits per heavy atom. The Morgan fingerprint density at radius 1 is 0.906 bits per heavy atom. The molecule has 164 valence electrons. The lowest BCUT2D eigenvalue weighted by molar-refractivity contribution is -0.137. The van der Waals surface area contributed by atoms with Gasteiger partial charge in [-0.05, 0) is 42.5 Å². The number of aryl methyl sites for hydroxylation is 1. The molecule has 3 aromatic carbocycles. The largest absolute Gasteiger partial charge is 0.416 e. The molecule has 0 atom stereocenters. The zero-order chi connectivity index (χ0) is 22.7. The van der Waals surface area contributed by atoms with E-state index in [0.717, 1.165) is 37.3 Å². The molecule has 0 N–H and O–H groups in total. The molecule has 0 unspecified atom stereocenters. The first-order valence-corrected chi connectivity index (χ1v) is 12.3. The van der Waals surface area contributed by atoms with Gasteiger partial charge in [0, 0.05) is 38.2 Å². The van der Waals surface area contributed by atoms with E-state index < -0.39 is 11.7 Å². The molecule has 0 fully saturated rings. The van der Waals surface area contributed by atoms with Gasteiger partial charge < -0.3 is 0 Å². The van der Waals surface area contributed by atoms with Crippen LogP contribution in [0.5, 0.6) is 0 Å². The Kier molecular flexibility index (Phi) is 7.02. The van der Waals surface area contributed by atoms with Crippen molar-refractivity contribution in [3.63, 3.8) is 0 Å². The smallest absolute Gasteiger partial charge is 0.261 e. The first-order valence-electron chi connectivity index (χ1n) is 9.66. The number of hydrogen-bond donors (Lipinski definition) is 0. The van der Waals surface area contributed by atoms with Crippen molar-refractivity contribution in [2.45, 2.75) is 26.7 Å². The molecule has 4 rings (SSSR count). The summed E-state index contributed by atoms with van der Waals surface area (Å²) in [5.41, 5.74) is 2.17. The van der Waals surface area contributed by atoms with Gasteiger partial charge in [0.05, 0.1) is 11.3 Å². The summed E-state index contributed by atoms with van der Waals surface area (Å²) >= 11 is 6.43. The Balaban J connectivity index is 1.69. The van der Waals surface area contributed by atoms with Crippen LogP contribution in [0.15, 0.2) is 98.2 Å². The highest BCUT2D eigenvalue weighted by Crippen LogP contribution is 2.40. The maximum atomic E-state index is 13.1. The van der Waals surface area contributed by atoms with Gasteiger partial charge in [0.15, 0.2) is 0 Å². The van der Waals surface area contributed by atoms with Crippen LogP contribution >= 0.6 is 39.5 Å². The number of nitrogens with zero attached hydrogens (tertiary/aromatic N) is 2. The highest BCUT2D eigenvalue weighted by Gasteiger charge is 2.30. The minimum Gasteiger partial charge on any atom is -0.261 e. The van der Waals surface area contributed by atoms with Gasteiger partial charge in [0.2, 0.25) is 0 Å². The number of benzene rings is 3. The first-order chi connectivity index (χ1) is 15.3. The van der Waals surface area contributed by atoms with Crippen LogP contribution in [-0.2, 0) is 19.0 Å². The maximum Gasteiger partial charge on any atom is 0.416 e. The van der Waals surface area contributed by atoms with E-state index in [4.69, 9.17) is 5.10 Å². The van der Waals surface area contributed by atoms with E-state index in [2.05, 4.69) is 15.9 Å². The van der Waals surface area contributed by atoms with Gasteiger partial charge >= 0.3 is 6.18 Å². The van der Waals surface area contributed by atoms with E-state index in [1.54, 1.807) is 17.8 Å². The Labute approximate surface area is 201 Å². The number of thioether (sulfide) groups is 1. The zero-order valence-electron chi connectivity index (χ0n) is 16.9. The topological polar surface area (TPSA) is 17.8 Å². The second kappa shape index (κ2) is 9.77. The molecule has 1 aromatic heterocycles. The minimum atomic E-state index is -4.36. The standard InChI is InChI=1S/C24H18BrF3N2S2/c1-30-23(32-19-12-10-18(25)11-13-19)21(22(29-30)16-6-3-2-4-7-16)15-31-20-9-5-8-17(14-20)24(26,27)28/h2-14H,15H2,1H3. The van der Waals surface area contributed by atoms with Gasteiger partial charge in [-0.2, -0.15) is 18.3 Å². The molecule has 0 aliphatic rings.